The molecule has 0 bridgehead atoms. The molecule has 0 aromatic heterocycles. The first-order chi connectivity index (χ1) is 8.78. The van der Waals surface area contributed by atoms with Crippen LogP contribution in [0.2, 0.25) is 0 Å². The average molecular weight is 260 g/mol. The summed E-state index contributed by atoms with van der Waals surface area (Å²) < 4.78 is 0. The van der Waals surface area contributed by atoms with E-state index in [0.717, 1.165) is 13.1 Å². The van der Waals surface area contributed by atoms with Crippen molar-refractivity contribution in [2.24, 2.45) is 0 Å². The quantitative estimate of drug-likeness (QED) is 0.898. The lowest BCUT2D eigenvalue weighted by Gasteiger charge is -2.26. The van der Waals surface area contributed by atoms with E-state index in [-0.39, 0.29) is 5.54 Å². The maximum atomic E-state index is 3.61. The van der Waals surface area contributed by atoms with Gasteiger partial charge in [-0.05, 0) is 64.8 Å². The van der Waals surface area contributed by atoms with Gasteiger partial charge < -0.3 is 5.32 Å². The van der Waals surface area contributed by atoms with Crippen LogP contribution >= 0.6 is 0 Å². The van der Waals surface area contributed by atoms with Gasteiger partial charge in [0.1, 0.15) is 0 Å². The average Bonchev–Trinajstić information content (AvgIpc) is 2.64. The second-order valence-corrected chi connectivity index (χ2v) is 6.92. The van der Waals surface area contributed by atoms with Gasteiger partial charge in [-0.1, -0.05) is 17.7 Å². The summed E-state index contributed by atoms with van der Waals surface area (Å²) >= 11 is 0. The molecule has 0 spiro atoms. The van der Waals surface area contributed by atoms with Crippen LogP contribution in [0.5, 0.6) is 0 Å². The topological polar surface area (TPSA) is 15.3 Å². The van der Waals surface area contributed by atoms with Gasteiger partial charge in [-0.25, -0.2) is 0 Å². The third-order valence-corrected chi connectivity index (χ3v) is 4.43. The van der Waals surface area contributed by atoms with E-state index in [0.29, 0.717) is 6.04 Å². The number of aryl methyl sites for hydroxylation is 3. The van der Waals surface area contributed by atoms with Gasteiger partial charge in [-0.3, -0.25) is 4.90 Å². The molecule has 1 unspecified atom stereocenters. The van der Waals surface area contributed by atoms with Gasteiger partial charge in [0.25, 0.3) is 0 Å². The Bertz CT molecular complexity index is 439. The van der Waals surface area contributed by atoms with Crippen LogP contribution < -0.4 is 5.32 Å². The van der Waals surface area contributed by atoms with E-state index in [1.165, 1.54) is 28.7 Å². The third-order valence-electron chi connectivity index (χ3n) is 4.43. The van der Waals surface area contributed by atoms with E-state index >= 15 is 0 Å². The van der Waals surface area contributed by atoms with E-state index < -0.39 is 0 Å². The summed E-state index contributed by atoms with van der Waals surface area (Å²) in [5.41, 5.74) is 6.00. The van der Waals surface area contributed by atoms with Crippen LogP contribution in [0.4, 0.5) is 0 Å². The van der Waals surface area contributed by atoms with Crippen LogP contribution in [0.1, 0.15) is 42.5 Å². The third kappa shape index (κ3) is 3.37. The molecule has 1 N–H and O–H groups in total. The maximum Gasteiger partial charge on any atom is 0.0239 e. The van der Waals surface area contributed by atoms with Gasteiger partial charge >= 0.3 is 0 Å². The van der Waals surface area contributed by atoms with Crippen LogP contribution in [0.3, 0.4) is 0 Å². The lowest BCUT2D eigenvalue weighted by molar-refractivity contribution is 0.239. The predicted molar refractivity (Wildman–Crippen MR) is 82.6 cm³/mol. The van der Waals surface area contributed by atoms with Gasteiger partial charge in [0.05, 0.1) is 0 Å². The molecular formula is C17H28N2. The van der Waals surface area contributed by atoms with Gasteiger partial charge in [0.15, 0.2) is 0 Å². The number of benzene rings is 1. The fraction of sp³-hybridized carbons (Fsp3) is 0.647. The fourth-order valence-electron chi connectivity index (χ4n) is 3.28. The van der Waals surface area contributed by atoms with Gasteiger partial charge in [0, 0.05) is 24.7 Å². The molecule has 0 aliphatic carbocycles. The van der Waals surface area contributed by atoms with Crippen molar-refractivity contribution in [1.29, 1.82) is 0 Å². The molecule has 1 atom stereocenters. The summed E-state index contributed by atoms with van der Waals surface area (Å²) in [6.45, 7) is 13.4. The van der Waals surface area contributed by atoms with Gasteiger partial charge in [-0.15, -0.1) is 0 Å². The Kier molecular flexibility index (Phi) is 4.03. The Morgan fingerprint density at radius 2 is 1.79 bits per heavy atom. The summed E-state index contributed by atoms with van der Waals surface area (Å²) in [6, 6.07) is 5.25. The van der Waals surface area contributed by atoms with E-state index in [1.807, 2.05) is 0 Å². The zero-order valence-corrected chi connectivity index (χ0v) is 13.3. The summed E-state index contributed by atoms with van der Waals surface area (Å²) in [4.78, 5) is 2.51. The molecule has 1 heterocycles. The Morgan fingerprint density at radius 3 is 2.26 bits per heavy atom. The van der Waals surface area contributed by atoms with Crippen molar-refractivity contribution in [3.05, 3.63) is 34.4 Å². The van der Waals surface area contributed by atoms with Crippen molar-refractivity contribution in [3.63, 3.8) is 0 Å². The SMILES string of the molecule is Cc1cc(C)c(CN(C)C2CNC(C)(C)C2)c(C)c1. The highest BCUT2D eigenvalue weighted by Gasteiger charge is 2.32. The molecule has 1 aliphatic heterocycles. The highest BCUT2D eigenvalue weighted by molar-refractivity contribution is 5.37. The summed E-state index contributed by atoms with van der Waals surface area (Å²) in [7, 11) is 2.26. The lowest BCUT2D eigenvalue weighted by Crippen LogP contribution is -2.33. The van der Waals surface area contributed by atoms with Crippen molar-refractivity contribution in [2.45, 2.75) is 59.2 Å². The first-order valence-corrected chi connectivity index (χ1v) is 7.30. The molecular weight excluding hydrogens is 232 g/mol. The first-order valence-electron chi connectivity index (χ1n) is 7.30. The van der Waals surface area contributed by atoms with Gasteiger partial charge in [-0.2, -0.15) is 0 Å². The van der Waals surface area contributed by atoms with E-state index in [1.54, 1.807) is 0 Å². The van der Waals surface area contributed by atoms with Crippen molar-refractivity contribution in [1.82, 2.24) is 10.2 Å². The first kappa shape index (κ1) is 14.5. The molecule has 1 fully saturated rings. The highest BCUT2D eigenvalue weighted by atomic mass is 15.2. The second-order valence-electron chi connectivity index (χ2n) is 6.92. The van der Waals surface area contributed by atoms with Crippen LogP contribution in [0.15, 0.2) is 12.1 Å². The molecule has 1 aromatic rings. The normalized spacial score (nSPS) is 22.2. The van der Waals surface area contributed by atoms with Crippen molar-refractivity contribution < 1.29 is 0 Å². The van der Waals surface area contributed by atoms with Crippen LogP contribution in [0.25, 0.3) is 0 Å². The number of likely N-dealkylation sites (N-methyl/N-ethyl adjacent to an activating group) is 1. The molecule has 0 radical (unpaired) electrons. The van der Waals surface area contributed by atoms with Gasteiger partial charge in [0.2, 0.25) is 0 Å². The fourth-order valence-corrected chi connectivity index (χ4v) is 3.28. The zero-order chi connectivity index (χ0) is 14.2. The van der Waals surface area contributed by atoms with Crippen LogP contribution in [0, 0.1) is 20.8 Å². The number of hydrogen-bond donors (Lipinski definition) is 1. The van der Waals surface area contributed by atoms with Crippen LogP contribution in [-0.4, -0.2) is 30.1 Å². The van der Waals surface area contributed by atoms with E-state index in [4.69, 9.17) is 0 Å². The Balaban J connectivity index is 2.10. The van der Waals surface area contributed by atoms with Crippen molar-refractivity contribution >= 4 is 0 Å². The standard InChI is InChI=1S/C17H28N2/c1-12-7-13(2)16(14(3)8-12)11-19(6)15-9-17(4,5)18-10-15/h7-8,15,18H,9-11H2,1-6H3. The minimum absolute atomic E-state index is 0.288. The smallest absolute Gasteiger partial charge is 0.0239 e. The predicted octanol–water partition coefficient (Wildman–Crippen LogP) is 3.18. The minimum Gasteiger partial charge on any atom is -0.310 e. The van der Waals surface area contributed by atoms with Crippen molar-refractivity contribution in [2.75, 3.05) is 13.6 Å². The largest absolute Gasteiger partial charge is 0.310 e. The summed E-state index contributed by atoms with van der Waals surface area (Å²) in [6.07, 6.45) is 1.23. The molecule has 106 valence electrons. The minimum atomic E-state index is 0.288. The maximum absolute atomic E-state index is 3.61. The Labute approximate surface area is 118 Å². The van der Waals surface area contributed by atoms with E-state index in [9.17, 15) is 0 Å². The Hall–Kier alpha value is -0.860. The second kappa shape index (κ2) is 5.26. The van der Waals surface area contributed by atoms with E-state index in [2.05, 4.69) is 64.0 Å². The number of nitrogens with zero attached hydrogens (tertiary/aromatic N) is 1. The number of hydrogen-bond acceptors (Lipinski definition) is 2. The molecule has 0 saturated carbocycles. The van der Waals surface area contributed by atoms with Crippen molar-refractivity contribution in [3.8, 4) is 0 Å². The monoisotopic (exact) mass is 260 g/mol. The number of rotatable bonds is 3. The van der Waals surface area contributed by atoms with Crippen LogP contribution in [-0.2, 0) is 6.54 Å². The molecule has 1 aromatic carbocycles. The summed E-state index contributed by atoms with van der Waals surface area (Å²) in [5, 5.41) is 3.61. The highest BCUT2D eigenvalue weighted by Crippen LogP contribution is 2.24. The molecule has 19 heavy (non-hydrogen) atoms. The summed E-state index contributed by atoms with van der Waals surface area (Å²) in [5.74, 6) is 0. The molecule has 2 rings (SSSR count). The Morgan fingerprint density at radius 1 is 1.21 bits per heavy atom. The molecule has 1 saturated heterocycles. The number of nitrogens with one attached hydrogen (secondary N) is 1. The zero-order valence-electron chi connectivity index (χ0n) is 13.3. The molecule has 1 aliphatic rings. The molecule has 2 nitrogen and oxygen atoms in total. The molecule has 2 heteroatoms. The lowest BCUT2D eigenvalue weighted by atomic mass is 9.97. The molecule has 0 amide bonds.